The van der Waals surface area contributed by atoms with Crippen molar-refractivity contribution in [2.45, 2.75) is 19.3 Å². The second-order valence-electron chi connectivity index (χ2n) is 7.05. The van der Waals surface area contributed by atoms with Gasteiger partial charge in [-0.3, -0.25) is 4.79 Å². The van der Waals surface area contributed by atoms with Crippen molar-refractivity contribution in [3.63, 3.8) is 0 Å². The molecule has 150 valence electrons. The van der Waals surface area contributed by atoms with Crippen molar-refractivity contribution in [3.8, 4) is 17.3 Å². The fourth-order valence-electron chi connectivity index (χ4n) is 3.45. The standard InChI is InChI=1S/C21H21FN4O3/c1-28-18-7-4-16(13-23-18)21(27)26-10-8-14(9-11-26)12-19-24-20(25-29-19)15-2-5-17(22)6-3-15/h2-7,13-14H,8-12H2,1H3. The molecule has 0 bridgehead atoms. The number of likely N-dealkylation sites (tertiary alicyclic amines) is 1. The van der Waals surface area contributed by atoms with Gasteiger partial charge in [0.2, 0.25) is 17.6 Å². The summed E-state index contributed by atoms with van der Waals surface area (Å²) < 4.78 is 23.4. The highest BCUT2D eigenvalue weighted by atomic mass is 19.1. The quantitative estimate of drug-likeness (QED) is 0.658. The number of carbonyl (C=O) groups is 1. The third-order valence-electron chi connectivity index (χ3n) is 5.13. The van der Waals surface area contributed by atoms with E-state index in [1.165, 1.54) is 12.1 Å². The zero-order valence-electron chi connectivity index (χ0n) is 16.0. The summed E-state index contributed by atoms with van der Waals surface area (Å²) in [5, 5.41) is 3.99. The molecule has 0 radical (unpaired) electrons. The average Bonchev–Trinajstić information content (AvgIpc) is 3.23. The maximum Gasteiger partial charge on any atom is 0.255 e. The van der Waals surface area contributed by atoms with E-state index < -0.39 is 0 Å². The molecule has 4 rings (SSSR count). The predicted octanol–water partition coefficient (Wildman–Crippen LogP) is 3.37. The van der Waals surface area contributed by atoms with Gasteiger partial charge in [-0.1, -0.05) is 5.16 Å². The number of methoxy groups -OCH3 is 1. The number of carbonyl (C=O) groups excluding carboxylic acids is 1. The molecule has 0 saturated carbocycles. The lowest BCUT2D eigenvalue weighted by molar-refractivity contribution is 0.0687. The van der Waals surface area contributed by atoms with Crippen molar-refractivity contribution < 1.29 is 18.4 Å². The second-order valence-corrected chi connectivity index (χ2v) is 7.05. The minimum atomic E-state index is -0.302. The number of nitrogens with zero attached hydrogens (tertiary/aromatic N) is 4. The van der Waals surface area contributed by atoms with E-state index in [0.717, 1.165) is 18.4 Å². The summed E-state index contributed by atoms with van der Waals surface area (Å²) in [5.41, 5.74) is 1.28. The van der Waals surface area contributed by atoms with Gasteiger partial charge in [-0.25, -0.2) is 9.37 Å². The van der Waals surface area contributed by atoms with Gasteiger partial charge in [-0.05, 0) is 49.1 Å². The van der Waals surface area contributed by atoms with Crippen LogP contribution in [0.15, 0.2) is 47.1 Å². The van der Waals surface area contributed by atoms with Gasteiger partial charge in [-0.15, -0.1) is 0 Å². The van der Waals surface area contributed by atoms with E-state index in [1.54, 1.807) is 37.6 Å². The van der Waals surface area contributed by atoms with Gasteiger partial charge < -0.3 is 14.2 Å². The highest BCUT2D eigenvalue weighted by Gasteiger charge is 2.25. The smallest absolute Gasteiger partial charge is 0.255 e. The van der Waals surface area contributed by atoms with Crippen LogP contribution in [0.2, 0.25) is 0 Å². The molecule has 0 atom stereocenters. The lowest BCUT2D eigenvalue weighted by Crippen LogP contribution is -2.39. The van der Waals surface area contributed by atoms with Gasteiger partial charge in [-0.2, -0.15) is 4.98 Å². The van der Waals surface area contributed by atoms with Crippen LogP contribution in [0.1, 0.15) is 29.1 Å². The number of benzene rings is 1. The molecule has 1 aromatic carbocycles. The Balaban J connectivity index is 1.32. The molecule has 1 fully saturated rings. The first-order valence-electron chi connectivity index (χ1n) is 9.50. The van der Waals surface area contributed by atoms with Gasteiger partial charge in [0.05, 0.1) is 12.7 Å². The molecule has 1 aliphatic heterocycles. The Morgan fingerprint density at radius 3 is 2.62 bits per heavy atom. The highest BCUT2D eigenvalue weighted by Crippen LogP contribution is 2.24. The van der Waals surface area contributed by atoms with Crippen LogP contribution in [0.3, 0.4) is 0 Å². The molecule has 3 heterocycles. The normalized spacial score (nSPS) is 14.8. The zero-order chi connectivity index (χ0) is 20.2. The molecular weight excluding hydrogens is 375 g/mol. The van der Waals surface area contributed by atoms with Gasteiger partial charge in [0, 0.05) is 37.3 Å². The molecule has 8 heteroatoms. The summed E-state index contributed by atoms with van der Waals surface area (Å²) in [6.45, 7) is 1.35. The van der Waals surface area contributed by atoms with Gasteiger partial charge in [0.15, 0.2) is 0 Å². The fourth-order valence-corrected chi connectivity index (χ4v) is 3.45. The molecule has 3 aromatic rings. The second kappa shape index (κ2) is 8.38. The molecule has 0 N–H and O–H groups in total. The molecule has 0 unspecified atom stereocenters. The monoisotopic (exact) mass is 396 g/mol. The number of aromatic nitrogens is 3. The lowest BCUT2D eigenvalue weighted by atomic mass is 9.93. The molecule has 1 saturated heterocycles. The van der Waals surface area contributed by atoms with Crippen LogP contribution in [0.25, 0.3) is 11.4 Å². The van der Waals surface area contributed by atoms with Gasteiger partial charge in [0.1, 0.15) is 5.82 Å². The average molecular weight is 396 g/mol. The number of ether oxygens (including phenoxy) is 1. The maximum atomic E-state index is 13.0. The molecule has 1 amide bonds. The van der Waals surface area contributed by atoms with Crippen molar-refractivity contribution in [1.82, 2.24) is 20.0 Å². The van der Waals surface area contributed by atoms with E-state index in [2.05, 4.69) is 15.1 Å². The maximum absolute atomic E-state index is 13.0. The lowest BCUT2D eigenvalue weighted by Gasteiger charge is -2.31. The van der Waals surface area contributed by atoms with E-state index >= 15 is 0 Å². The molecular formula is C21H21FN4O3. The van der Waals surface area contributed by atoms with Crippen molar-refractivity contribution in [3.05, 3.63) is 59.9 Å². The van der Waals surface area contributed by atoms with Crippen LogP contribution in [0, 0.1) is 11.7 Å². The molecule has 0 spiro atoms. The highest BCUT2D eigenvalue weighted by molar-refractivity contribution is 5.94. The number of rotatable bonds is 5. The summed E-state index contributed by atoms with van der Waals surface area (Å²) in [6, 6.07) is 9.42. The Bertz CT molecular complexity index is 964. The Kier molecular flexibility index (Phi) is 5.50. The Morgan fingerprint density at radius 1 is 1.21 bits per heavy atom. The first kappa shape index (κ1) is 19.0. The number of halogens is 1. The number of piperidine rings is 1. The third-order valence-corrected chi connectivity index (χ3v) is 5.13. The summed E-state index contributed by atoms with van der Waals surface area (Å²) in [7, 11) is 1.54. The van der Waals surface area contributed by atoms with E-state index in [1.807, 2.05) is 4.90 Å². The molecule has 2 aromatic heterocycles. The minimum Gasteiger partial charge on any atom is -0.481 e. The Labute approximate surface area is 167 Å². The summed E-state index contributed by atoms with van der Waals surface area (Å²) >= 11 is 0. The van der Waals surface area contributed by atoms with E-state index in [4.69, 9.17) is 9.26 Å². The molecule has 7 nitrogen and oxygen atoms in total. The van der Waals surface area contributed by atoms with E-state index in [0.29, 0.717) is 48.6 Å². The number of pyridine rings is 1. The van der Waals surface area contributed by atoms with Crippen LogP contribution in [-0.4, -0.2) is 46.1 Å². The Hall–Kier alpha value is -3.29. The van der Waals surface area contributed by atoms with Gasteiger partial charge >= 0.3 is 0 Å². The van der Waals surface area contributed by atoms with Crippen LogP contribution in [-0.2, 0) is 6.42 Å². The summed E-state index contributed by atoms with van der Waals surface area (Å²) in [6.07, 6.45) is 3.94. The number of hydrogen-bond acceptors (Lipinski definition) is 6. The topological polar surface area (TPSA) is 81.4 Å². The van der Waals surface area contributed by atoms with Crippen LogP contribution in [0.4, 0.5) is 4.39 Å². The summed E-state index contributed by atoms with van der Waals surface area (Å²) in [4.78, 5) is 23.0. The number of hydrogen-bond donors (Lipinski definition) is 0. The third kappa shape index (κ3) is 4.42. The number of amides is 1. The predicted molar refractivity (Wildman–Crippen MR) is 103 cm³/mol. The largest absolute Gasteiger partial charge is 0.481 e. The van der Waals surface area contributed by atoms with E-state index in [-0.39, 0.29) is 11.7 Å². The van der Waals surface area contributed by atoms with E-state index in [9.17, 15) is 9.18 Å². The van der Waals surface area contributed by atoms with Crippen molar-refractivity contribution in [2.24, 2.45) is 5.92 Å². The Morgan fingerprint density at radius 2 is 1.97 bits per heavy atom. The van der Waals surface area contributed by atoms with Crippen molar-refractivity contribution in [1.29, 1.82) is 0 Å². The SMILES string of the molecule is COc1ccc(C(=O)N2CCC(Cc3nc(-c4ccc(F)cc4)no3)CC2)cn1. The van der Waals surface area contributed by atoms with Gasteiger partial charge in [0.25, 0.3) is 5.91 Å². The van der Waals surface area contributed by atoms with Crippen LogP contribution in [0.5, 0.6) is 5.88 Å². The minimum absolute atomic E-state index is 0.0185. The first-order chi connectivity index (χ1) is 14.1. The van der Waals surface area contributed by atoms with Crippen molar-refractivity contribution >= 4 is 5.91 Å². The molecule has 0 aliphatic carbocycles. The first-order valence-corrected chi connectivity index (χ1v) is 9.50. The van der Waals surface area contributed by atoms with Crippen LogP contribution < -0.4 is 4.74 Å². The molecule has 29 heavy (non-hydrogen) atoms. The summed E-state index contributed by atoms with van der Waals surface area (Å²) in [5.74, 6) is 1.56. The zero-order valence-corrected chi connectivity index (χ0v) is 16.0. The van der Waals surface area contributed by atoms with Crippen molar-refractivity contribution in [2.75, 3.05) is 20.2 Å². The van der Waals surface area contributed by atoms with Crippen LogP contribution >= 0.6 is 0 Å². The molecule has 1 aliphatic rings. The fraction of sp³-hybridized carbons (Fsp3) is 0.333.